The van der Waals surface area contributed by atoms with Crippen LogP contribution in [0.2, 0.25) is 0 Å². The molecule has 10 heteroatoms. The molecule has 0 aliphatic heterocycles. The van der Waals surface area contributed by atoms with Gasteiger partial charge in [-0.25, -0.2) is 4.68 Å². The number of allylic oxidation sites excluding steroid dienone is 2. The number of Topliss-reactive ketones (excluding diaryl/α,β-unsaturated/α-hetero) is 1. The Bertz CT molecular complexity index is 1210. The summed E-state index contributed by atoms with van der Waals surface area (Å²) < 4.78 is 17.0. The highest BCUT2D eigenvalue weighted by atomic mass is 16.5. The number of nitrogens with zero attached hydrogens (tertiary/aromatic N) is 4. The van der Waals surface area contributed by atoms with Gasteiger partial charge in [-0.15, -0.1) is 5.10 Å². The second kappa shape index (κ2) is 13.1. The standard InChI is InChI=1S/C27H30N4O6/c1-5-37-25(34)17-21(33)16-20(32)10-15-24(27-28-29-30-31(27)2)26(18-6-11-22(35-3)12-7-18)19-8-13-23(36-4)14-9-19/h6-15,20,32H,5,16-17H2,1-4H3. The molecule has 0 aliphatic carbocycles. The molecule has 194 valence electrons. The Morgan fingerprint density at radius 3 is 2.03 bits per heavy atom. The maximum atomic E-state index is 12.2. The van der Waals surface area contributed by atoms with Gasteiger partial charge in [0, 0.05) is 19.0 Å². The number of aryl methyl sites for hydroxylation is 1. The first kappa shape index (κ1) is 27.3. The van der Waals surface area contributed by atoms with Gasteiger partial charge < -0.3 is 19.3 Å². The topological polar surface area (TPSA) is 126 Å². The van der Waals surface area contributed by atoms with E-state index in [2.05, 4.69) is 15.5 Å². The van der Waals surface area contributed by atoms with E-state index in [-0.39, 0.29) is 13.0 Å². The van der Waals surface area contributed by atoms with E-state index in [9.17, 15) is 14.7 Å². The smallest absolute Gasteiger partial charge is 0.313 e. The molecule has 0 bridgehead atoms. The molecule has 1 unspecified atom stereocenters. The van der Waals surface area contributed by atoms with Gasteiger partial charge in [0.15, 0.2) is 5.82 Å². The first-order valence-corrected chi connectivity index (χ1v) is 11.7. The largest absolute Gasteiger partial charge is 0.497 e. The lowest BCUT2D eigenvalue weighted by molar-refractivity contribution is -0.145. The fourth-order valence-corrected chi connectivity index (χ4v) is 3.67. The predicted octanol–water partition coefficient (Wildman–Crippen LogP) is 3.02. The zero-order valence-electron chi connectivity index (χ0n) is 21.2. The first-order valence-electron chi connectivity index (χ1n) is 11.7. The second-order valence-corrected chi connectivity index (χ2v) is 8.02. The lowest BCUT2D eigenvalue weighted by Gasteiger charge is -2.15. The van der Waals surface area contributed by atoms with Crippen LogP contribution in [0.3, 0.4) is 0 Å². The predicted molar refractivity (Wildman–Crippen MR) is 137 cm³/mol. The van der Waals surface area contributed by atoms with E-state index in [0.717, 1.165) is 16.7 Å². The number of tetrazole rings is 1. The molecule has 0 saturated carbocycles. The lowest BCUT2D eigenvalue weighted by Crippen LogP contribution is -2.16. The number of aliphatic hydroxyl groups excluding tert-OH is 1. The highest BCUT2D eigenvalue weighted by Crippen LogP contribution is 2.34. The van der Waals surface area contributed by atoms with Gasteiger partial charge in [0.05, 0.1) is 26.9 Å². The Morgan fingerprint density at radius 2 is 1.57 bits per heavy atom. The summed E-state index contributed by atoms with van der Waals surface area (Å²) in [6.07, 6.45) is 1.40. The van der Waals surface area contributed by atoms with E-state index in [1.54, 1.807) is 34.3 Å². The zero-order valence-corrected chi connectivity index (χ0v) is 21.2. The van der Waals surface area contributed by atoms with Crippen LogP contribution in [0.15, 0.2) is 60.7 Å². The van der Waals surface area contributed by atoms with E-state index in [4.69, 9.17) is 14.2 Å². The number of carbonyl (C=O) groups excluding carboxylic acids is 2. The highest BCUT2D eigenvalue weighted by Gasteiger charge is 2.19. The summed E-state index contributed by atoms with van der Waals surface area (Å²) in [6.45, 7) is 1.85. The van der Waals surface area contributed by atoms with Crippen molar-refractivity contribution >= 4 is 22.9 Å². The summed E-state index contributed by atoms with van der Waals surface area (Å²) in [6, 6.07) is 15.0. The van der Waals surface area contributed by atoms with Crippen LogP contribution in [-0.2, 0) is 21.4 Å². The van der Waals surface area contributed by atoms with Crippen molar-refractivity contribution in [2.45, 2.75) is 25.9 Å². The van der Waals surface area contributed by atoms with Crippen LogP contribution < -0.4 is 9.47 Å². The van der Waals surface area contributed by atoms with E-state index < -0.39 is 24.3 Å². The van der Waals surface area contributed by atoms with Crippen molar-refractivity contribution in [3.8, 4) is 11.5 Å². The molecular formula is C27H30N4O6. The van der Waals surface area contributed by atoms with Crippen molar-refractivity contribution in [2.75, 3.05) is 20.8 Å². The molecule has 0 spiro atoms. The SMILES string of the molecule is CCOC(=O)CC(=O)CC(O)C=CC(=C(c1ccc(OC)cc1)c1ccc(OC)cc1)c1nnnn1C. The van der Waals surface area contributed by atoms with Crippen LogP contribution in [0.25, 0.3) is 11.1 Å². The maximum absolute atomic E-state index is 12.2. The Labute approximate surface area is 215 Å². The summed E-state index contributed by atoms with van der Waals surface area (Å²) in [5.41, 5.74) is 3.09. The summed E-state index contributed by atoms with van der Waals surface area (Å²) in [7, 11) is 4.90. The van der Waals surface area contributed by atoms with E-state index in [1.165, 1.54) is 10.8 Å². The van der Waals surface area contributed by atoms with Gasteiger partial charge >= 0.3 is 5.97 Å². The van der Waals surface area contributed by atoms with Crippen molar-refractivity contribution in [3.05, 3.63) is 77.6 Å². The van der Waals surface area contributed by atoms with E-state index >= 15 is 0 Å². The molecule has 1 N–H and O–H groups in total. The van der Waals surface area contributed by atoms with Gasteiger partial charge in [-0.3, -0.25) is 9.59 Å². The third-order valence-corrected chi connectivity index (χ3v) is 5.46. The van der Waals surface area contributed by atoms with Crippen LogP contribution in [0.1, 0.15) is 36.7 Å². The molecule has 3 rings (SSSR count). The Morgan fingerprint density at radius 1 is 1.00 bits per heavy atom. The van der Waals surface area contributed by atoms with Crippen LogP contribution >= 0.6 is 0 Å². The number of ketones is 1. The van der Waals surface area contributed by atoms with Gasteiger partial charge in [-0.2, -0.15) is 0 Å². The number of benzene rings is 2. The normalized spacial score (nSPS) is 11.7. The molecule has 2 aromatic carbocycles. The fraction of sp³-hybridized carbons (Fsp3) is 0.296. The highest BCUT2D eigenvalue weighted by molar-refractivity contribution is 6.01. The number of rotatable bonds is 12. The van der Waals surface area contributed by atoms with Gasteiger partial charge in [-0.05, 0) is 58.3 Å². The summed E-state index contributed by atoms with van der Waals surface area (Å²) in [5.74, 6) is 0.808. The molecule has 37 heavy (non-hydrogen) atoms. The number of aromatic nitrogens is 4. The third-order valence-electron chi connectivity index (χ3n) is 5.46. The Kier molecular flexibility index (Phi) is 9.68. The second-order valence-electron chi connectivity index (χ2n) is 8.02. The van der Waals surface area contributed by atoms with E-state index in [0.29, 0.717) is 22.9 Å². The van der Waals surface area contributed by atoms with Crippen molar-refractivity contribution in [1.29, 1.82) is 0 Å². The zero-order chi connectivity index (χ0) is 26.8. The third kappa shape index (κ3) is 7.34. The molecule has 1 heterocycles. The maximum Gasteiger partial charge on any atom is 0.313 e. The number of hydrogen-bond donors (Lipinski definition) is 1. The molecule has 1 aromatic heterocycles. The minimum absolute atomic E-state index is 0.188. The number of ether oxygens (including phenoxy) is 3. The van der Waals surface area contributed by atoms with Crippen molar-refractivity contribution < 1.29 is 28.9 Å². The van der Waals surface area contributed by atoms with Crippen molar-refractivity contribution in [1.82, 2.24) is 20.2 Å². The number of hydrogen-bond acceptors (Lipinski definition) is 9. The lowest BCUT2D eigenvalue weighted by atomic mass is 9.91. The number of aliphatic hydroxyl groups is 1. The van der Waals surface area contributed by atoms with Crippen molar-refractivity contribution in [2.24, 2.45) is 7.05 Å². The quantitative estimate of drug-likeness (QED) is 0.224. The molecular weight excluding hydrogens is 476 g/mol. The molecule has 1 atom stereocenters. The molecule has 0 saturated heterocycles. The number of carbonyl (C=O) groups is 2. The summed E-state index contributed by atoms with van der Waals surface area (Å²) >= 11 is 0. The van der Waals surface area contributed by atoms with Crippen molar-refractivity contribution in [3.63, 3.8) is 0 Å². The molecule has 0 aliphatic rings. The van der Waals surface area contributed by atoms with E-state index in [1.807, 2.05) is 48.5 Å². The van der Waals surface area contributed by atoms with Crippen LogP contribution in [0, 0.1) is 0 Å². The molecule has 0 fully saturated rings. The van der Waals surface area contributed by atoms with Gasteiger partial charge in [0.25, 0.3) is 0 Å². The summed E-state index contributed by atoms with van der Waals surface area (Å²) in [4.78, 5) is 23.8. The average Bonchev–Trinajstić information content (AvgIpc) is 3.32. The first-order chi connectivity index (χ1) is 17.9. The molecule has 10 nitrogen and oxygen atoms in total. The monoisotopic (exact) mass is 506 g/mol. The van der Waals surface area contributed by atoms with Gasteiger partial charge in [-0.1, -0.05) is 36.4 Å². The summed E-state index contributed by atoms with van der Waals surface area (Å²) in [5, 5.41) is 22.5. The minimum atomic E-state index is -1.13. The van der Waals surface area contributed by atoms with Gasteiger partial charge in [0.2, 0.25) is 0 Å². The van der Waals surface area contributed by atoms with Crippen LogP contribution in [0.5, 0.6) is 11.5 Å². The average molecular weight is 507 g/mol. The number of methoxy groups -OCH3 is 2. The fourth-order valence-electron chi connectivity index (χ4n) is 3.67. The number of esters is 1. The Hall–Kier alpha value is -4.31. The molecule has 0 amide bonds. The minimum Gasteiger partial charge on any atom is -0.497 e. The molecule has 0 radical (unpaired) electrons. The van der Waals surface area contributed by atoms with Crippen LogP contribution in [-0.4, -0.2) is 64.0 Å². The Balaban J connectivity index is 2.08. The molecule has 3 aromatic rings. The van der Waals surface area contributed by atoms with Gasteiger partial charge in [0.1, 0.15) is 23.7 Å². The van der Waals surface area contributed by atoms with Crippen LogP contribution in [0.4, 0.5) is 0 Å².